The van der Waals surface area contributed by atoms with Crippen LogP contribution in [0.25, 0.3) is 5.65 Å². The van der Waals surface area contributed by atoms with Crippen molar-refractivity contribution in [3.8, 4) is 0 Å². The van der Waals surface area contributed by atoms with E-state index in [4.69, 9.17) is 0 Å². The maximum atomic E-state index is 12.2. The molecule has 0 fully saturated rings. The Labute approximate surface area is 150 Å². The highest BCUT2D eigenvalue weighted by atomic mass is 32.2. The van der Waals surface area contributed by atoms with Gasteiger partial charge in [-0.2, -0.15) is 0 Å². The molecule has 0 radical (unpaired) electrons. The Bertz CT molecular complexity index is 905. The van der Waals surface area contributed by atoms with Crippen molar-refractivity contribution in [3.05, 3.63) is 53.7 Å². The van der Waals surface area contributed by atoms with Crippen molar-refractivity contribution in [3.63, 3.8) is 0 Å². The van der Waals surface area contributed by atoms with Crippen molar-refractivity contribution >= 4 is 23.3 Å². The first kappa shape index (κ1) is 16.1. The van der Waals surface area contributed by atoms with Gasteiger partial charge in [0.2, 0.25) is 5.91 Å². The quantitative estimate of drug-likeness (QED) is 0.577. The number of fused-ring (bicyclic) bond motifs is 3. The molecule has 1 aliphatic rings. The van der Waals surface area contributed by atoms with Crippen molar-refractivity contribution in [1.82, 2.24) is 24.7 Å². The number of carbonyl (C=O) groups is 1. The molecule has 1 unspecified atom stereocenters. The Hall–Kier alpha value is -2.41. The standard InChI is InChI=1S/C18H19N5OS/c1-2-7-25-18-20-9-12(10-21-18)13-8-16(24)19-11-14-17(13)23-6-4-3-5-15(23)22-14/h3-6,9-10,13H,2,7-8,11H2,1H3,(H,19,24). The first-order valence-corrected chi connectivity index (χ1v) is 9.42. The summed E-state index contributed by atoms with van der Waals surface area (Å²) in [5.41, 5.74) is 3.80. The molecule has 4 heterocycles. The summed E-state index contributed by atoms with van der Waals surface area (Å²) in [5, 5.41) is 3.72. The molecule has 0 aliphatic carbocycles. The number of nitrogens with zero attached hydrogens (tertiary/aromatic N) is 4. The minimum absolute atomic E-state index is 0.0251. The zero-order chi connectivity index (χ0) is 17.2. The molecule has 128 valence electrons. The molecule has 0 saturated heterocycles. The van der Waals surface area contributed by atoms with E-state index in [-0.39, 0.29) is 11.8 Å². The minimum Gasteiger partial charge on any atom is -0.350 e. The van der Waals surface area contributed by atoms with Gasteiger partial charge in [0.1, 0.15) is 5.65 Å². The zero-order valence-corrected chi connectivity index (χ0v) is 14.8. The molecule has 0 bridgehead atoms. The van der Waals surface area contributed by atoms with Crippen LogP contribution in [0.3, 0.4) is 0 Å². The third-order valence-electron chi connectivity index (χ3n) is 4.30. The fraction of sp³-hybridized carbons (Fsp3) is 0.333. The number of pyridine rings is 1. The van der Waals surface area contributed by atoms with Crippen LogP contribution in [-0.2, 0) is 11.3 Å². The smallest absolute Gasteiger partial charge is 0.221 e. The fourth-order valence-corrected chi connectivity index (χ4v) is 3.79. The molecule has 3 aromatic rings. The van der Waals surface area contributed by atoms with E-state index in [2.05, 4.69) is 31.6 Å². The molecule has 3 aromatic heterocycles. The fourth-order valence-electron chi connectivity index (χ4n) is 3.15. The molecule has 0 saturated carbocycles. The number of aromatic nitrogens is 4. The van der Waals surface area contributed by atoms with E-state index >= 15 is 0 Å². The Kier molecular flexibility index (Phi) is 4.40. The number of rotatable bonds is 4. The second kappa shape index (κ2) is 6.84. The Morgan fingerprint density at radius 2 is 2.16 bits per heavy atom. The topological polar surface area (TPSA) is 72.2 Å². The summed E-state index contributed by atoms with van der Waals surface area (Å²) in [6, 6.07) is 5.93. The molecule has 4 rings (SSSR count). The molecule has 1 aliphatic heterocycles. The van der Waals surface area contributed by atoms with Gasteiger partial charge in [0.25, 0.3) is 0 Å². The summed E-state index contributed by atoms with van der Waals surface area (Å²) in [6.45, 7) is 2.59. The van der Waals surface area contributed by atoms with Gasteiger partial charge in [0.15, 0.2) is 5.16 Å². The van der Waals surface area contributed by atoms with Crippen LogP contribution in [0.1, 0.15) is 42.6 Å². The zero-order valence-electron chi connectivity index (χ0n) is 14.0. The molecular weight excluding hydrogens is 334 g/mol. The van der Waals surface area contributed by atoms with Crippen molar-refractivity contribution in [2.75, 3.05) is 5.75 Å². The van der Waals surface area contributed by atoms with Gasteiger partial charge in [-0.1, -0.05) is 24.8 Å². The predicted molar refractivity (Wildman–Crippen MR) is 96.5 cm³/mol. The Morgan fingerprint density at radius 3 is 2.96 bits per heavy atom. The number of nitrogens with one attached hydrogen (secondary N) is 1. The van der Waals surface area contributed by atoms with Gasteiger partial charge < -0.3 is 9.72 Å². The third-order valence-corrected chi connectivity index (χ3v) is 5.38. The van der Waals surface area contributed by atoms with Crippen molar-refractivity contribution < 1.29 is 4.79 Å². The maximum Gasteiger partial charge on any atom is 0.221 e. The van der Waals surface area contributed by atoms with Crippen molar-refractivity contribution in [2.24, 2.45) is 0 Å². The van der Waals surface area contributed by atoms with Crippen molar-refractivity contribution in [1.29, 1.82) is 0 Å². The molecular formula is C18H19N5OS. The van der Waals surface area contributed by atoms with Crippen LogP contribution < -0.4 is 5.32 Å². The lowest BCUT2D eigenvalue weighted by Crippen LogP contribution is -2.21. The minimum atomic E-state index is -0.0971. The third kappa shape index (κ3) is 3.11. The van der Waals surface area contributed by atoms with Gasteiger partial charge in [0.05, 0.1) is 17.9 Å². The first-order chi connectivity index (χ1) is 12.3. The second-order valence-corrected chi connectivity index (χ2v) is 7.12. The lowest BCUT2D eigenvalue weighted by Gasteiger charge is -2.15. The second-order valence-electron chi connectivity index (χ2n) is 6.05. The summed E-state index contributed by atoms with van der Waals surface area (Å²) >= 11 is 1.65. The van der Waals surface area contributed by atoms with E-state index in [0.29, 0.717) is 13.0 Å². The van der Waals surface area contributed by atoms with E-state index < -0.39 is 0 Å². The van der Waals surface area contributed by atoms with Crippen molar-refractivity contribution in [2.45, 2.75) is 37.4 Å². The molecule has 1 amide bonds. The molecule has 6 nitrogen and oxygen atoms in total. The van der Waals surface area contributed by atoms with Gasteiger partial charge in [-0.25, -0.2) is 15.0 Å². The molecule has 1 N–H and O–H groups in total. The summed E-state index contributed by atoms with van der Waals surface area (Å²) in [6.07, 6.45) is 7.15. The molecule has 1 atom stereocenters. The SMILES string of the molecule is CCCSc1ncc(C2CC(=O)NCc3nc4ccccn4c32)cn1. The van der Waals surface area contributed by atoms with Crippen LogP contribution in [0.5, 0.6) is 0 Å². The average Bonchev–Trinajstić information content (AvgIpc) is 2.93. The number of thioether (sulfide) groups is 1. The van der Waals surface area contributed by atoms with Gasteiger partial charge in [-0.3, -0.25) is 4.79 Å². The maximum absolute atomic E-state index is 12.2. The van der Waals surface area contributed by atoms with E-state index in [1.807, 2.05) is 36.8 Å². The lowest BCUT2D eigenvalue weighted by molar-refractivity contribution is -0.121. The normalized spacial score (nSPS) is 17.2. The van der Waals surface area contributed by atoms with Gasteiger partial charge in [-0.05, 0) is 24.1 Å². The monoisotopic (exact) mass is 353 g/mol. The van der Waals surface area contributed by atoms with Crippen LogP contribution in [0.15, 0.2) is 41.9 Å². The lowest BCUT2D eigenvalue weighted by atomic mass is 9.94. The van der Waals surface area contributed by atoms with Crippen LogP contribution in [0.4, 0.5) is 0 Å². The van der Waals surface area contributed by atoms with Crippen LogP contribution in [0, 0.1) is 0 Å². The van der Waals surface area contributed by atoms with Gasteiger partial charge >= 0.3 is 0 Å². The number of imidazole rings is 1. The summed E-state index contributed by atoms with van der Waals surface area (Å²) in [7, 11) is 0. The van der Waals surface area contributed by atoms with E-state index in [1.165, 1.54) is 0 Å². The van der Waals surface area contributed by atoms with Gasteiger partial charge in [-0.15, -0.1) is 0 Å². The van der Waals surface area contributed by atoms with E-state index in [1.54, 1.807) is 11.8 Å². The number of carbonyl (C=O) groups excluding carboxylic acids is 1. The Balaban J connectivity index is 1.76. The Morgan fingerprint density at radius 1 is 1.32 bits per heavy atom. The average molecular weight is 353 g/mol. The summed E-state index contributed by atoms with van der Waals surface area (Å²) in [4.78, 5) is 25.8. The number of hydrogen-bond acceptors (Lipinski definition) is 5. The summed E-state index contributed by atoms with van der Waals surface area (Å²) in [5.74, 6) is 0.931. The first-order valence-electron chi connectivity index (χ1n) is 8.43. The molecule has 7 heteroatoms. The number of amides is 1. The highest BCUT2D eigenvalue weighted by molar-refractivity contribution is 7.99. The number of hydrogen-bond donors (Lipinski definition) is 1. The van der Waals surface area contributed by atoms with E-state index in [9.17, 15) is 4.79 Å². The van der Waals surface area contributed by atoms with Crippen LogP contribution in [0.2, 0.25) is 0 Å². The highest BCUT2D eigenvalue weighted by Gasteiger charge is 2.29. The summed E-state index contributed by atoms with van der Waals surface area (Å²) < 4.78 is 2.07. The van der Waals surface area contributed by atoms with Crippen LogP contribution in [-0.4, -0.2) is 31.0 Å². The van der Waals surface area contributed by atoms with Gasteiger partial charge in [0, 0.05) is 36.7 Å². The predicted octanol–water partition coefficient (Wildman–Crippen LogP) is 2.78. The van der Waals surface area contributed by atoms with E-state index in [0.717, 1.165) is 39.9 Å². The molecule has 25 heavy (non-hydrogen) atoms. The highest BCUT2D eigenvalue weighted by Crippen LogP contribution is 2.32. The largest absolute Gasteiger partial charge is 0.350 e. The van der Waals surface area contributed by atoms with Crippen LogP contribution >= 0.6 is 11.8 Å². The molecule has 0 aromatic carbocycles. The molecule has 0 spiro atoms.